The van der Waals surface area contributed by atoms with Crippen LogP contribution in [0.1, 0.15) is 0 Å². The fourth-order valence-corrected chi connectivity index (χ4v) is 0.640. The maximum atomic E-state index is 4.85. The molecule has 0 amide bonds. The van der Waals surface area contributed by atoms with E-state index in [1.165, 1.54) is 11.8 Å². The highest BCUT2D eigenvalue weighted by Gasteiger charge is 1.81. The van der Waals surface area contributed by atoms with Gasteiger partial charge in [0.2, 0.25) is 0 Å². The number of hydrogen-bond acceptors (Lipinski definition) is 3. The minimum Gasteiger partial charge on any atom is -0.489 e. The third-order valence-electron chi connectivity index (χ3n) is 0.515. The molecule has 0 bridgehead atoms. The monoisotopic (exact) mass is 115 g/mol. The maximum Gasteiger partial charge on any atom is 0.138 e. The largest absolute Gasteiger partial charge is 0.489 e. The summed E-state index contributed by atoms with van der Waals surface area (Å²) in [5, 5.41) is 0. The molecule has 0 aromatic carbocycles. The van der Waals surface area contributed by atoms with Crippen LogP contribution >= 0.6 is 11.8 Å². The predicted molar refractivity (Wildman–Crippen MR) is 31.2 cm³/mol. The first kappa shape index (κ1) is 4.71. The number of hydrogen-bond donors (Lipinski definition) is 0. The second-order valence-electron chi connectivity index (χ2n) is 0.991. The van der Waals surface area contributed by atoms with Crippen molar-refractivity contribution < 1.29 is 4.74 Å². The Morgan fingerprint density at radius 1 is 1.71 bits per heavy atom. The molecule has 0 saturated carbocycles. The zero-order valence-electron chi connectivity index (χ0n) is 3.70. The smallest absolute Gasteiger partial charge is 0.138 e. The second-order valence-corrected chi connectivity index (χ2v) is 1.77. The van der Waals surface area contributed by atoms with Crippen LogP contribution < -0.4 is 0 Å². The Morgan fingerprint density at radius 2 is 2.71 bits per heavy atom. The number of rotatable bonds is 0. The van der Waals surface area contributed by atoms with E-state index in [1.807, 2.05) is 0 Å². The van der Waals surface area contributed by atoms with Gasteiger partial charge in [-0.1, -0.05) is 11.8 Å². The lowest BCUT2D eigenvalue weighted by Gasteiger charge is -1.88. The Balaban J connectivity index is 2.39. The summed E-state index contributed by atoms with van der Waals surface area (Å²) in [6, 6.07) is 0. The van der Waals surface area contributed by atoms with E-state index in [9.17, 15) is 0 Å². The normalized spacial score (nSPS) is 18.3. The van der Waals surface area contributed by atoms with E-state index in [-0.39, 0.29) is 0 Å². The summed E-state index contributed by atoms with van der Waals surface area (Å²) >= 11 is 1.54. The maximum absolute atomic E-state index is 4.85. The third-order valence-corrected chi connectivity index (χ3v) is 1.06. The Kier molecular flexibility index (Phi) is 1.81. The molecule has 0 saturated heterocycles. The number of aliphatic imine (C=N–C) groups is 1. The fourth-order valence-electron chi connectivity index (χ4n) is 0.265. The topological polar surface area (TPSA) is 21.6 Å². The van der Waals surface area contributed by atoms with E-state index in [0.717, 1.165) is 0 Å². The summed E-state index contributed by atoms with van der Waals surface area (Å²) < 4.78 is 4.85. The van der Waals surface area contributed by atoms with Crippen molar-refractivity contribution in [3.63, 3.8) is 0 Å². The first-order valence-corrected chi connectivity index (χ1v) is 2.95. The van der Waals surface area contributed by atoms with Gasteiger partial charge in [-0.3, -0.25) is 4.99 Å². The van der Waals surface area contributed by atoms with Crippen LogP contribution in [-0.2, 0) is 4.74 Å². The zero-order chi connectivity index (χ0) is 4.95. The molecule has 0 N–H and O–H groups in total. The summed E-state index contributed by atoms with van der Waals surface area (Å²) in [6.45, 7) is 0. The molecule has 0 spiro atoms. The molecule has 38 valence electrons. The van der Waals surface area contributed by atoms with Crippen molar-refractivity contribution in [2.24, 2.45) is 4.99 Å². The second kappa shape index (κ2) is 2.69. The Morgan fingerprint density at radius 3 is 3.71 bits per heavy atom. The first-order valence-electron chi connectivity index (χ1n) is 1.90. The average Bonchev–Trinajstić information content (AvgIpc) is 1.90. The van der Waals surface area contributed by atoms with Crippen molar-refractivity contribution in [3.8, 4) is 0 Å². The van der Waals surface area contributed by atoms with Crippen molar-refractivity contribution in [2.75, 3.05) is 5.94 Å². The summed E-state index contributed by atoms with van der Waals surface area (Å²) in [7, 11) is 0. The molecule has 1 rings (SSSR count). The highest BCUT2D eigenvalue weighted by atomic mass is 32.2. The van der Waals surface area contributed by atoms with Crippen LogP contribution in [0, 0.1) is 0 Å². The van der Waals surface area contributed by atoms with Crippen molar-refractivity contribution in [2.45, 2.75) is 0 Å². The van der Waals surface area contributed by atoms with Crippen LogP contribution in [0.15, 0.2) is 17.5 Å². The Hall–Kier alpha value is -0.440. The molecule has 1 aliphatic heterocycles. The highest BCUT2D eigenvalue weighted by molar-refractivity contribution is 8.11. The van der Waals surface area contributed by atoms with Gasteiger partial charge in [0.25, 0.3) is 0 Å². The molecule has 1 aliphatic rings. The van der Waals surface area contributed by atoms with Crippen molar-refractivity contribution in [1.29, 1.82) is 0 Å². The van der Waals surface area contributed by atoms with Gasteiger partial charge in [-0.2, -0.15) is 0 Å². The summed E-state index contributed by atoms with van der Waals surface area (Å²) in [6.07, 6.45) is 3.20. The number of ether oxygens (including phenoxy) is 1. The minimum atomic E-state index is 0.681. The molecule has 0 atom stereocenters. The first-order chi connectivity index (χ1) is 3.50. The van der Waals surface area contributed by atoms with Crippen LogP contribution in [0.2, 0.25) is 0 Å². The van der Waals surface area contributed by atoms with Gasteiger partial charge in [-0.15, -0.1) is 0 Å². The molecule has 7 heavy (non-hydrogen) atoms. The lowest BCUT2D eigenvalue weighted by atomic mass is 11.0. The van der Waals surface area contributed by atoms with Gasteiger partial charge in [0.1, 0.15) is 12.2 Å². The zero-order valence-corrected chi connectivity index (χ0v) is 4.52. The average molecular weight is 115 g/mol. The van der Waals surface area contributed by atoms with Gasteiger partial charge in [-0.05, 0) is 0 Å². The van der Waals surface area contributed by atoms with Crippen LogP contribution in [-0.4, -0.2) is 11.5 Å². The molecule has 0 radical (unpaired) electrons. The predicted octanol–water partition coefficient (Wildman–Crippen LogP) is 1.21. The van der Waals surface area contributed by atoms with Gasteiger partial charge >= 0.3 is 0 Å². The third kappa shape index (κ3) is 1.64. The van der Waals surface area contributed by atoms with E-state index in [0.29, 0.717) is 5.94 Å². The Bertz CT molecular complexity index is 87.9. The van der Waals surface area contributed by atoms with Crippen molar-refractivity contribution >= 4 is 17.3 Å². The number of nitrogens with zero attached hydrogens (tertiary/aromatic N) is 1. The molecular weight excluding hydrogens is 110 g/mol. The van der Waals surface area contributed by atoms with Crippen LogP contribution in [0.4, 0.5) is 0 Å². The summed E-state index contributed by atoms with van der Waals surface area (Å²) in [4.78, 5) is 3.80. The van der Waals surface area contributed by atoms with E-state index >= 15 is 0 Å². The van der Waals surface area contributed by atoms with Crippen LogP contribution in [0.25, 0.3) is 0 Å². The summed E-state index contributed by atoms with van der Waals surface area (Å²) in [5.74, 6) is 0.681. The highest BCUT2D eigenvalue weighted by Crippen LogP contribution is 1.99. The molecule has 0 aliphatic carbocycles. The molecule has 0 aromatic heterocycles. The Labute approximate surface area is 46.3 Å². The molecule has 0 aromatic rings. The standard InChI is InChI=1S/C4H5NOS/c1-2-6-4-7-3-5-1/h1-3H,4H2. The molecule has 0 fully saturated rings. The molecule has 3 heteroatoms. The van der Waals surface area contributed by atoms with E-state index in [4.69, 9.17) is 4.74 Å². The quantitative estimate of drug-likeness (QED) is 0.473. The van der Waals surface area contributed by atoms with Crippen molar-refractivity contribution in [1.82, 2.24) is 0 Å². The van der Waals surface area contributed by atoms with Crippen LogP contribution in [0.3, 0.4) is 0 Å². The van der Waals surface area contributed by atoms with Gasteiger partial charge in [0.15, 0.2) is 0 Å². The molecule has 0 unspecified atom stereocenters. The van der Waals surface area contributed by atoms with Gasteiger partial charge in [0.05, 0.1) is 11.7 Å². The molecular formula is C4H5NOS. The lowest BCUT2D eigenvalue weighted by Crippen LogP contribution is -1.74. The SMILES string of the molecule is C1=COCSC=N1. The summed E-state index contributed by atoms with van der Waals surface area (Å²) in [5.41, 5.74) is 1.75. The number of thioether (sulfide) groups is 1. The van der Waals surface area contributed by atoms with Gasteiger partial charge in [-0.25, -0.2) is 0 Å². The van der Waals surface area contributed by atoms with Crippen LogP contribution in [0.5, 0.6) is 0 Å². The minimum absolute atomic E-state index is 0.681. The molecule has 1 heterocycles. The van der Waals surface area contributed by atoms with E-state index in [1.54, 1.807) is 18.0 Å². The fraction of sp³-hybridized carbons (Fsp3) is 0.250. The van der Waals surface area contributed by atoms with Gasteiger partial charge < -0.3 is 4.74 Å². The van der Waals surface area contributed by atoms with Crippen molar-refractivity contribution in [3.05, 3.63) is 12.5 Å². The lowest BCUT2D eigenvalue weighted by molar-refractivity contribution is 0.318. The molecule has 2 nitrogen and oxygen atoms in total. The van der Waals surface area contributed by atoms with Gasteiger partial charge in [0, 0.05) is 0 Å². The van der Waals surface area contributed by atoms with E-state index in [2.05, 4.69) is 4.99 Å². The van der Waals surface area contributed by atoms with E-state index < -0.39 is 0 Å².